The van der Waals surface area contributed by atoms with E-state index < -0.39 is 0 Å². The van der Waals surface area contributed by atoms with Crippen LogP contribution in [-0.4, -0.2) is 62.2 Å². The Bertz CT molecular complexity index is 141. The molecular weight excluding hydrogens is 174 g/mol. The zero-order chi connectivity index (χ0) is 10.4. The summed E-state index contributed by atoms with van der Waals surface area (Å²) in [6.07, 6.45) is 1.24. The fourth-order valence-corrected chi connectivity index (χ4v) is 1.97. The van der Waals surface area contributed by atoms with Crippen molar-refractivity contribution in [1.29, 1.82) is 0 Å². The van der Waals surface area contributed by atoms with Crippen LogP contribution in [0.5, 0.6) is 0 Å². The summed E-state index contributed by atoms with van der Waals surface area (Å²) in [5.41, 5.74) is 0. The minimum absolute atomic E-state index is 0.684. The third-order valence-corrected chi connectivity index (χ3v) is 3.06. The first-order valence-electron chi connectivity index (χ1n) is 5.90. The third kappa shape index (κ3) is 3.95. The molecule has 0 aliphatic carbocycles. The lowest BCUT2D eigenvalue weighted by Gasteiger charge is -2.34. The van der Waals surface area contributed by atoms with Crippen LogP contribution >= 0.6 is 0 Å². The molecule has 0 amide bonds. The summed E-state index contributed by atoms with van der Waals surface area (Å²) in [5, 5.41) is 3.54. The van der Waals surface area contributed by atoms with E-state index in [4.69, 9.17) is 0 Å². The van der Waals surface area contributed by atoms with Crippen LogP contribution in [0.15, 0.2) is 0 Å². The number of nitrogens with one attached hydrogen (secondary N) is 1. The second-order valence-corrected chi connectivity index (χ2v) is 4.27. The maximum atomic E-state index is 3.54. The molecule has 1 heterocycles. The van der Waals surface area contributed by atoms with E-state index in [1.807, 2.05) is 0 Å². The molecule has 0 aromatic rings. The molecule has 1 rings (SSSR count). The second kappa shape index (κ2) is 6.38. The maximum Gasteiger partial charge on any atom is 0.0192 e. The Morgan fingerprint density at radius 3 is 2.29 bits per heavy atom. The van der Waals surface area contributed by atoms with Crippen molar-refractivity contribution in [1.82, 2.24) is 15.1 Å². The minimum Gasteiger partial charge on any atom is -0.313 e. The highest BCUT2D eigenvalue weighted by atomic mass is 15.3. The molecule has 0 radical (unpaired) electrons. The molecule has 1 N–H and O–H groups in total. The number of hydrogen-bond donors (Lipinski definition) is 1. The zero-order valence-electron chi connectivity index (χ0n) is 9.92. The summed E-state index contributed by atoms with van der Waals surface area (Å²) in [5.74, 6) is 0. The van der Waals surface area contributed by atoms with Crippen LogP contribution in [0.25, 0.3) is 0 Å². The van der Waals surface area contributed by atoms with Crippen molar-refractivity contribution in [3.05, 3.63) is 0 Å². The van der Waals surface area contributed by atoms with Gasteiger partial charge in [0.1, 0.15) is 0 Å². The molecule has 1 aliphatic rings. The maximum absolute atomic E-state index is 3.54. The van der Waals surface area contributed by atoms with Gasteiger partial charge in [0.15, 0.2) is 0 Å². The smallest absolute Gasteiger partial charge is 0.0192 e. The second-order valence-electron chi connectivity index (χ2n) is 4.27. The topological polar surface area (TPSA) is 18.5 Å². The van der Waals surface area contributed by atoms with Crippen molar-refractivity contribution in [2.45, 2.75) is 26.3 Å². The molecule has 0 aromatic heterocycles. The number of hydrogen-bond acceptors (Lipinski definition) is 3. The van der Waals surface area contributed by atoms with Crippen LogP contribution in [0.3, 0.4) is 0 Å². The van der Waals surface area contributed by atoms with Crippen LogP contribution in [0.2, 0.25) is 0 Å². The molecule has 1 fully saturated rings. The summed E-state index contributed by atoms with van der Waals surface area (Å²) in [6, 6.07) is 0.684. The van der Waals surface area contributed by atoms with Gasteiger partial charge >= 0.3 is 0 Å². The van der Waals surface area contributed by atoms with Gasteiger partial charge in [-0.05, 0) is 20.0 Å². The lowest BCUT2D eigenvalue weighted by Crippen LogP contribution is -2.49. The molecule has 1 unspecified atom stereocenters. The molecule has 3 heteroatoms. The van der Waals surface area contributed by atoms with E-state index >= 15 is 0 Å². The van der Waals surface area contributed by atoms with Gasteiger partial charge in [0.05, 0.1) is 0 Å². The van der Waals surface area contributed by atoms with Gasteiger partial charge in [-0.1, -0.05) is 13.8 Å². The molecule has 1 saturated heterocycles. The standard InChI is InChI=1S/C11H25N3/c1-4-11(12-5-2)10-14-8-6-13(3)7-9-14/h11-12H,4-10H2,1-3H3. The minimum atomic E-state index is 0.684. The first kappa shape index (κ1) is 12.0. The van der Waals surface area contributed by atoms with Crippen molar-refractivity contribution in [2.75, 3.05) is 46.3 Å². The van der Waals surface area contributed by atoms with Crippen molar-refractivity contribution in [3.63, 3.8) is 0 Å². The van der Waals surface area contributed by atoms with Gasteiger partial charge < -0.3 is 10.2 Å². The summed E-state index contributed by atoms with van der Waals surface area (Å²) < 4.78 is 0. The molecule has 14 heavy (non-hydrogen) atoms. The van der Waals surface area contributed by atoms with Crippen LogP contribution in [0, 0.1) is 0 Å². The van der Waals surface area contributed by atoms with Gasteiger partial charge in [-0.25, -0.2) is 0 Å². The number of rotatable bonds is 5. The monoisotopic (exact) mass is 199 g/mol. The highest BCUT2D eigenvalue weighted by molar-refractivity contribution is 4.75. The molecule has 1 aliphatic heterocycles. The van der Waals surface area contributed by atoms with E-state index in [1.54, 1.807) is 0 Å². The molecule has 0 aromatic carbocycles. The van der Waals surface area contributed by atoms with Crippen molar-refractivity contribution < 1.29 is 0 Å². The van der Waals surface area contributed by atoms with Gasteiger partial charge in [-0.2, -0.15) is 0 Å². The van der Waals surface area contributed by atoms with E-state index in [2.05, 4.69) is 36.0 Å². The van der Waals surface area contributed by atoms with E-state index in [1.165, 1.54) is 39.1 Å². The van der Waals surface area contributed by atoms with E-state index in [-0.39, 0.29) is 0 Å². The van der Waals surface area contributed by atoms with Gasteiger partial charge in [0, 0.05) is 38.8 Å². The van der Waals surface area contributed by atoms with Gasteiger partial charge in [0.2, 0.25) is 0 Å². The largest absolute Gasteiger partial charge is 0.313 e. The number of nitrogens with zero attached hydrogens (tertiary/aromatic N) is 2. The predicted molar refractivity (Wildman–Crippen MR) is 61.7 cm³/mol. The zero-order valence-corrected chi connectivity index (χ0v) is 9.92. The first-order valence-corrected chi connectivity index (χ1v) is 5.90. The fraction of sp³-hybridized carbons (Fsp3) is 1.00. The molecule has 3 nitrogen and oxygen atoms in total. The SMILES string of the molecule is CCNC(CC)CN1CCN(C)CC1. The van der Waals surface area contributed by atoms with Crippen LogP contribution < -0.4 is 5.32 Å². The molecule has 0 bridgehead atoms. The van der Waals surface area contributed by atoms with Crippen LogP contribution in [0.4, 0.5) is 0 Å². The summed E-state index contributed by atoms with van der Waals surface area (Å²) in [6.45, 7) is 11.7. The predicted octanol–water partition coefficient (Wildman–Crippen LogP) is 0.622. The molecule has 0 spiro atoms. The number of likely N-dealkylation sites (N-methyl/N-ethyl adjacent to an activating group) is 2. The summed E-state index contributed by atoms with van der Waals surface area (Å²) >= 11 is 0. The highest BCUT2D eigenvalue weighted by Gasteiger charge is 2.16. The van der Waals surface area contributed by atoms with Gasteiger partial charge in [0.25, 0.3) is 0 Å². The van der Waals surface area contributed by atoms with E-state index in [9.17, 15) is 0 Å². The number of piperazine rings is 1. The lowest BCUT2D eigenvalue weighted by molar-refractivity contribution is 0.141. The van der Waals surface area contributed by atoms with Crippen LogP contribution in [0.1, 0.15) is 20.3 Å². The van der Waals surface area contributed by atoms with Crippen molar-refractivity contribution in [2.24, 2.45) is 0 Å². The van der Waals surface area contributed by atoms with Crippen LogP contribution in [-0.2, 0) is 0 Å². The van der Waals surface area contributed by atoms with Gasteiger partial charge in [-0.15, -0.1) is 0 Å². The Morgan fingerprint density at radius 2 is 1.79 bits per heavy atom. The quantitative estimate of drug-likeness (QED) is 0.700. The van der Waals surface area contributed by atoms with Crippen molar-refractivity contribution in [3.8, 4) is 0 Å². The summed E-state index contributed by atoms with van der Waals surface area (Å²) in [7, 11) is 2.21. The average molecular weight is 199 g/mol. The Hall–Kier alpha value is -0.120. The summed E-state index contributed by atoms with van der Waals surface area (Å²) in [4.78, 5) is 4.99. The Morgan fingerprint density at radius 1 is 1.14 bits per heavy atom. The molecule has 1 atom stereocenters. The van der Waals surface area contributed by atoms with E-state index in [0.29, 0.717) is 6.04 Å². The Labute approximate surface area is 88.5 Å². The average Bonchev–Trinajstić information content (AvgIpc) is 2.20. The Balaban J connectivity index is 2.21. The molecule has 0 saturated carbocycles. The highest BCUT2D eigenvalue weighted by Crippen LogP contribution is 2.02. The van der Waals surface area contributed by atoms with E-state index in [0.717, 1.165) is 6.54 Å². The molecular formula is C11H25N3. The third-order valence-electron chi connectivity index (χ3n) is 3.06. The van der Waals surface area contributed by atoms with Crippen molar-refractivity contribution >= 4 is 0 Å². The Kier molecular flexibility index (Phi) is 5.45. The normalized spacial score (nSPS) is 22.5. The van der Waals surface area contributed by atoms with Gasteiger partial charge in [-0.3, -0.25) is 4.90 Å². The first-order chi connectivity index (χ1) is 6.76. The lowest BCUT2D eigenvalue weighted by atomic mass is 10.2. The fourth-order valence-electron chi connectivity index (χ4n) is 1.97. The molecule has 84 valence electrons.